The van der Waals surface area contributed by atoms with Gasteiger partial charge in [-0.3, -0.25) is 0 Å². The van der Waals surface area contributed by atoms with Crippen LogP contribution in [0.3, 0.4) is 0 Å². The SMILES string of the molecule is CC(C)c1ccc2cc(-c3ccc(C(C)C)c4ccccc34)ccc2c1. The minimum atomic E-state index is 0.528. The summed E-state index contributed by atoms with van der Waals surface area (Å²) in [5, 5.41) is 5.35. The lowest BCUT2D eigenvalue weighted by Crippen LogP contribution is -1.92. The maximum atomic E-state index is 2.33. The Morgan fingerprint density at radius 2 is 1.27 bits per heavy atom. The van der Waals surface area contributed by atoms with Crippen molar-refractivity contribution in [3.05, 3.63) is 83.9 Å². The molecule has 0 heterocycles. The highest BCUT2D eigenvalue weighted by Crippen LogP contribution is 2.35. The molecule has 0 nitrogen and oxygen atoms in total. The van der Waals surface area contributed by atoms with Crippen molar-refractivity contribution in [2.75, 3.05) is 0 Å². The Kier molecular flexibility index (Phi) is 4.28. The van der Waals surface area contributed by atoms with Gasteiger partial charge in [0.25, 0.3) is 0 Å². The lowest BCUT2D eigenvalue weighted by molar-refractivity contribution is 0.869. The zero-order chi connectivity index (χ0) is 18.3. The Hall–Kier alpha value is -2.60. The van der Waals surface area contributed by atoms with Crippen molar-refractivity contribution in [2.45, 2.75) is 39.5 Å². The molecular formula is C26H26. The first-order valence-corrected chi connectivity index (χ1v) is 9.60. The fourth-order valence-corrected chi connectivity index (χ4v) is 3.87. The number of rotatable bonds is 3. The van der Waals surface area contributed by atoms with Crippen LogP contribution in [0.2, 0.25) is 0 Å². The average molecular weight is 338 g/mol. The van der Waals surface area contributed by atoms with Crippen molar-refractivity contribution in [1.29, 1.82) is 0 Å². The third kappa shape index (κ3) is 2.90. The van der Waals surface area contributed by atoms with E-state index < -0.39 is 0 Å². The van der Waals surface area contributed by atoms with Crippen molar-refractivity contribution in [3.63, 3.8) is 0 Å². The van der Waals surface area contributed by atoms with E-state index in [0.717, 1.165) is 0 Å². The standard InChI is InChI=1S/C26H26/c1-17(2)19-9-10-21-16-22(12-11-20(21)15-19)24-14-13-23(18(3)4)25-7-5-6-8-26(24)25/h5-18H,1-4H3. The summed E-state index contributed by atoms with van der Waals surface area (Å²) in [6, 6.07) is 27.1. The van der Waals surface area contributed by atoms with Gasteiger partial charge in [0.05, 0.1) is 0 Å². The second-order valence-corrected chi connectivity index (χ2v) is 7.88. The summed E-state index contributed by atoms with van der Waals surface area (Å²) >= 11 is 0. The van der Waals surface area contributed by atoms with Crippen molar-refractivity contribution in [1.82, 2.24) is 0 Å². The quantitative estimate of drug-likeness (QED) is 0.356. The van der Waals surface area contributed by atoms with Gasteiger partial charge in [0, 0.05) is 0 Å². The molecule has 4 aromatic rings. The molecule has 4 rings (SSSR count). The van der Waals surface area contributed by atoms with E-state index in [-0.39, 0.29) is 0 Å². The fraction of sp³-hybridized carbons (Fsp3) is 0.231. The molecule has 4 aromatic carbocycles. The molecule has 0 unspecified atom stereocenters. The summed E-state index contributed by atoms with van der Waals surface area (Å²) in [5.74, 6) is 1.09. The summed E-state index contributed by atoms with van der Waals surface area (Å²) in [7, 11) is 0. The molecule has 0 aromatic heterocycles. The molecule has 26 heavy (non-hydrogen) atoms. The van der Waals surface area contributed by atoms with Crippen LogP contribution in [0.1, 0.15) is 50.7 Å². The first-order valence-electron chi connectivity index (χ1n) is 9.60. The zero-order valence-corrected chi connectivity index (χ0v) is 16.1. The Labute approximate surface area is 156 Å². The molecule has 0 atom stereocenters. The number of fused-ring (bicyclic) bond motifs is 2. The molecule has 0 saturated heterocycles. The van der Waals surface area contributed by atoms with Crippen LogP contribution in [-0.2, 0) is 0 Å². The van der Waals surface area contributed by atoms with E-state index in [1.807, 2.05) is 0 Å². The molecule has 0 saturated carbocycles. The minimum absolute atomic E-state index is 0.528. The van der Waals surface area contributed by atoms with E-state index in [4.69, 9.17) is 0 Å². The monoisotopic (exact) mass is 338 g/mol. The average Bonchev–Trinajstić information content (AvgIpc) is 2.66. The molecule has 0 radical (unpaired) electrons. The summed E-state index contributed by atoms with van der Waals surface area (Å²) < 4.78 is 0. The zero-order valence-electron chi connectivity index (χ0n) is 16.1. The Bertz CT molecular complexity index is 1080. The van der Waals surface area contributed by atoms with Crippen molar-refractivity contribution in [2.24, 2.45) is 0 Å². The molecule has 0 aliphatic rings. The van der Waals surface area contributed by atoms with Crippen LogP contribution in [0.5, 0.6) is 0 Å². The van der Waals surface area contributed by atoms with Crippen molar-refractivity contribution >= 4 is 21.5 Å². The van der Waals surface area contributed by atoms with Crippen LogP contribution in [-0.4, -0.2) is 0 Å². The molecule has 0 aliphatic carbocycles. The van der Waals surface area contributed by atoms with Crippen LogP contribution in [0, 0.1) is 0 Å². The van der Waals surface area contributed by atoms with Crippen LogP contribution in [0.25, 0.3) is 32.7 Å². The lowest BCUT2D eigenvalue weighted by atomic mass is 9.90. The fourth-order valence-electron chi connectivity index (χ4n) is 3.87. The Morgan fingerprint density at radius 3 is 2.00 bits per heavy atom. The van der Waals surface area contributed by atoms with Gasteiger partial charge in [-0.15, -0.1) is 0 Å². The first-order chi connectivity index (χ1) is 12.5. The predicted molar refractivity (Wildman–Crippen MR) is 115 cm³/mol. The normalized spacial score (nSPS) is 11.8. The van der Waals surface area contributed by atoms with Gasteiger partial charge >= 0.3 is 0 Å². The molecule has 0 heteroatoms. The van der Waals surface area contributed by atoms with Gasteiger partial charge in [0.15, 0.2) is 0 Å². The van der Waals surface area contributed by atoms with E-state index in [2.05, 4.69) is 100 Å². The molecule has 0 amide bonds. The highest BCUT2D eigenvalue weighted by molar-refractivity contribution is 6.00. The molecular weight excluding hydrogens is 312 g/mol. The summed E-state index contributed by atoms with van der Waals surface area (Å²) in [4.78, 5) is 0. The Morgan fingerprint density at radius 1 is 0.577 bits per heavy atom. The lowest BCUT2D eigenvalue weighted by Gasteiger charge is -2.15. The van der Waals surface area contributed by atoms with Gasteiger partial charge in [-0.05, 0) is 61.7 Å². The third-order valence-electron chi connectivity index (χ3n) is 5.42. The minimum Gasteiger partial charge on any atom is -0.0616 e. The maximum Gasteiger partial charge on any atom is -0.0103 e. The summed E-state index contributed by atoms with van der Waals surface area (Å²) in [6.07, 6.45) is 0. The van der Waals surface area contributed by atoms with E-state index in [9.17, 15) is 0 Å². The second-order valence-electron chi connectivity index (χ2n) is 7.88. The molecule has 0 N–H and O–H groups in total. The van der Waals surface area contributed by atoms with Crippen LogP contribution >= 0.6 is 0 Å². The molecule has 0 aliphatic heterocycles. The van der Waals surface area contributed by atoms with E-state index in [1.165, 1.54) is 43.8 Å². The number of hydrogen-bond acceptors (Lipinski definition) is 0. The predicted octanol–water partition coefficient (Wildman–Crippen LogP) is 7.91. The largest absolute Gasteiger partial charge is 0.0616 e. The topological polar surface area (TPSA) is 0 Å². The number of benzene rings is 4. The second kappa shape index (κ2) is 6.61. The molecule has 0 spiro atoms. The molecule has 0 bridgehead atoms. The van der Waals surface area contributed by atoms with Crippen LogP contribution < -0.4 is 0 Å². The van der Waals surface area contributed by atoms with E-state index in [0.29, 0.717) is 11.8 Å². The first kappa shape index (κ1) is 16.8. The highest BCUT2D eigenvalue weighted by Gasteiger charge is 2.10. The van der Waals surface area contributed by atoms with Crippen LogP contribution in [0.15, 0.2) is 72.8 Å². The summed E-state index contributed by atoms with van der Waals surface area (Å²) in [6.45, 7) is 9.03. The smallest absolute Gasteiger partial charge is 0.0103 e. The van der Waals surface area contributed by atoms with E-state index in [1.54, 1.807) is 0 Å². The number of hydrogen-bond donors (Lipinski definition) is 0. The van der Waals surface area contributed by atoms with E-state index >= 15 is 0 Å². The van der Waals surface area contributed by atoms with Crippen molar-refractivity contribution < 1.29 is 0 Å². The van der Waals surface area contributed by atoms with Gasteiger partial charge in [-0.2, -0.15) is 0 Å². The third-order valence-corrected chi connectivity index (χ3v) is 5.42. The van der Waals surface area contributed by atoms with Gasteiger partial charge < -0.3 is 0 Å². The van der Waals surface area contributed by atoms with Crippen LogP contribution in [0.4, 0.5) is 0 Å². The maximum absolute atomic E-state index is 2.33. The van der Waals surface area contributed by atoms with Gasteiger partial charge in [0.2, 0.25) is 0 Å². The van der Waals surface area contributed by atoms with Gasteiger partial charge in [0.1, 0.15) is 0 Å². The van der Waals surface area contributed by atoms with Gasteiger partial charge in [-0.1, -0.05) is 94.4 Å². The summed E-state index contributed by atoms with van der Waals surface area (Å²) in [5.41, 5.74) is 5.44. The Balaban J connectivity index is 1.90. The molecule has 130 valence electrons. The highest BCUT2D eigenvalue weighted by atomic mass is 14.1. The van der Waals surface area contributed by atoms with Gasteiger partial charge in [-0.25, -0.2) is 0 Å². The van der Waals surface area contributed by atoms with Crippen molar-refractivity contribution in [3.8, 4) is 11.1 Å². The molecule has 0 fully saturated rings.